The van der Waals surface area contributed by atoms with Crippen molar-refractivity contribution in [3.8, 4) is 0 Å². The molecule has 0 aromatic carbocycles. The monoisotopic (exact) mass is 211 g/mol. The van der Waals surface area contributed by atoms with Crippen LogP contribution in [0.25, 0.3) is 0 Å². The van der Waals surface area contributed by atoms with Gasteiger partial charge in [-0.25, -0.2) is 0 Å². The molecule has 0 aromatic rings. The van der Waals surface area contributed by atoms with Gasteiger partial charge in [-0.1, -0.05) is 52.9 Å². The van der Waals surface area contributed by atoms with Gasteiger partial charge >= 0.3 is 0 Å². The summed E-state index contributed by atoms with van der Waals surface area (Å²) in [5.41, 5.74) is 6.72. The first-order chi connectivity index (χ1) is 7.12. The summed E-state index contributed by atoms with van der Waals surface area (Å²) in [6.45, 7) is 6.91. The predicted molar refractivity (Wildman–Crippen MR) is 67.9 cm³/mol. The maximum absolute atomic E-state index is 6.57. The number of hydrogen-bond donors (Lipinski definition) is 1. The molecule has 0 radical (unpaired) electrons. The molecule has 1 aliphatic rings. The van der Waals surface area contributed by atoms with Gasteiger partial charge in [0.05, 0.1) is 0 Å². The van der Waals surface area contributed by atoms with Crippen LogP contribution in [0.1, 0.15) is 72.1 Å². The van der Waals surface area contributed by atoms with Gasteiger partial charge in [-0.05, 0) is 31.1 Å². The predicted octanol–water partition coefficient (Wildman–Crippen LogP) is 4.11. The average molecular weight is 211 g/mol. The molecule has 0 aliphatic heterocycles. The van der Waals surface area contributed by atoms with Crippen LogP contribution in [0.15, 0.2) is 0 Å². The van der Waals surface area contributed by atoms with Gasteiger partial charge in [-0.2, -0.15) is 0 Å². The summed E-state index contributed by atoms with van der Waals surface area (Å²) in [6.07, 6.45) is 10.6. The molecule has 1 aliphatic carbocycles. The molecule has 3 unspecified atom stereocenters. The van der Waals surface area contributed by atoms with E-state index in [1.165, 1.54) is 51.4 Å². The van der Waals surface area contributed by atoms with Crippen LogP contribution in [0.4, 0.5) is 0 Å². The molecule has 1 nitrogen and oxygen atoms in total. The summed E-state index contributed by atoms with van der Waals surface area (Å²) in [7, 11) is 0. The van der Waals surface area contributed by atoms with Crippen molar-refractivity contribution in [1.82, 2.24) is 0 Å². The van der Waals surface area contributed by atoms with E-state index in [1.54, 1.807) is 0 Å². The summed E-state index contributed by atoms with van der Waals surface area (Å²) in [5, 5.41) is 0. The zero-order chi connectivity index (χ0) is 11.3. The van der Waals surface area contributed by atoms with Gasteiger partial charge in [0, 0.05) is 5.54 Å². The molecule has 1 rings (SSSR count). The number of rotatable bonds is 4. The Morgan fingerprint density at radius 2 is 2.00 bits per heavy atom. The first-order valence-corrected chi connectivity index (χ1v) is 6.91. The van der Waals surface area contributed by atoms with Crippen LogP contribution in [0.5, 0.6) is 0 Å². The van der Waals surface area contributed by atoms with Gasteiger partial charge in [0.15, 0.2) is 0 Å². The minimum absolute atomic E-state index is 0.150. The Hall–Kier alpha value is -0.0400. The van der Waals surface area contributed by atoms with Crippen LogP contribution in [0.2, 0.25) is 0 Å². The second kappa shape index (κ2) is 5.89. The maximum Gasteiger partial charge on any atom is 0.0180 e. The van der Waals surface area contributed by atoms with E-state index in [-0.39, 0.29) is 5.54 Å². The zero-order valence-electron chi connectivity index (χ0n) is 10.9. The van der Waals surface area contributed by atoms with Crippen molar-refractivity contribution in [2.75, 3.05) is 0 Å². The fourth-order valence-electron chi connectivity index (χ4n) is 3.06. The van der Waals surface area contributed by atoms with E-state index < -0.39 is 0 Å². The minimum atomic E-state index is 0.150. The van der Waals surface area contributed by atoms with E-state index >= 15 is 0 Å². The number of hydrogen-bond acceptors (Lipinski definition) is 1. The van der Waals surface area contributed by atoms with E-state index in [2.05, 4.69) is 20.8 Å². The highest BCUT2D eigenvalue weighted by molar-refractivity contribution is 4.91. The molecule has 1 heteroatoms. The van der Waals surface area contributed by atoms with Gasteiger partial charge in [0.25, 0.3) is 0 Å². The molecular formula is C14H29N. The third kappa shape index (κ3) is 3.48. The molecule has 0 amide bonds. The van der Waals surface area contributed by atoms with E-state index in [0.717, 1.165) is 5.92 Å². The molecule has 0 saturated heterocycles. The van der Waals surface area contributed by atoms with E-state index in [0.29, 0.717) is 5.92 Å². The summed E-state index contributed by atoms with van der Waals surface area (Å²) in [5.74, 6) is 1.65. The van der Waals surface area contributed by atoms with Gasteiger partial charge in [-0.15, -0.1) is 0 Å². The molecule has 0 aromatic heterocycles. The van der Waals surface area contributed by atoms with Crippen molar-refractivity contribution >= 4 is 0 Å². The SMILES string of the molecule is CCCC1CCCC(N)(C(C)CC)CC1. The van der Waals surface area contributed by atoms with Crippen LogP contribution in [0, 0.1) is 11.8 Å². The van der Waals surface area contributed by atoms with Crippen molar-refractivity contribution in [3.05, 3.63) is 0 Å². The van der Waals surface area contributed by atoms with Crippen molar-refractivity contribution < 1.29 is 0 Å². The normalized spacial score (nSPS) is 34.8. The van der Waals surface area contributed by atoms with Crippen LogP contribution < -0.4 is 5.73 Å². The Kier molecular flexibility index (Phi) is 5.11. The standard InChI is InChI=1S/C14H29N/c1-4-7-13-8-6-10-14(15,11-9-13)12(3)5-2/h12-13H,4-11,15H2,1-3H3. The highest BCUT2D eigenvalue weighted by atomic mass is 14.8. The molecule has 0 spiro atoms. The third-order valence-electron chi connectivity index (χ3n) is 4.56. The van der Waals surface area contributed by atoms with Crippen LogP contribution in [-0.4, -0.2) is 5.54 Å². The lowest BCUT2D eigenvalue weighted by atomic mass is 9.78. The second-order valence-corrected chi connectivity index (χ2v) is 5.63. The van der Waals surface area contributed by atoms with E-state index in [4.69, 9.17) is 5.73 Å². The quantitative estimate of drug-likeness (QED) is 0.696. The molecule has 2 N–H and O–H groups in total. The highest BCUT2D eigenvalue weighted by Crippen LogP contribution is 2.36. The maximum atomic E-state index is 6.57. The summed E-state index contributed by atoms with van der Waals surface area (Å²) in [6, 6.07) is 0. The van der Waals surface area contributed by atoms with Gasteiger partial charge in [0.2, 0.25) is 0 Å². The Morgan fingerprint density at radius 3 is 2.60 bits per heavy atom. The van der Waals surface area contributed by atoms with Gasteiger partial charge < -0.3 is 5.73 Å². The van der Waals surface area contributed by atoms with Crippen LogP contribution >= 0.6 is 0 Å². The molecule has 3 atom stereocenters. The third-order valence-corrected chi connectivity index (χ3v) is 4.56. The Balaban J connectivity index is 2.50. The first-order valence-electron chi connectivity index (χ1n) is 6.91. The Bertz CT molecular complexity index is 178. The Labute approximate surface area is 95.8 Å². The van der Waals surface area contributed by atoms with Crippen molar-refractivity contribution in [2.45, 2.75) is 77.7 Å². The van der Waals surface area contributed by atoms with Crippen LogP contribution in [0.3, 0.4) is 0 Å². The summed E-state index contributed by atoms with van der Waals surface area (Å²) < 4.78 is 0. The van der Waals surface area contributed by atoms with E-state index in [1.807, 2.05) is 0 Å². The second-order valence-electron chi connectivity index (χ2n) is 5.63. The van der Waals surface area contributed by atoms with E-state index in [9.17, 15) is 0 Å². The largest absolute Gasteiger partial charge is 0.325 e. The van der Waals surface area contributed by atoms with Crippen LogP contribution in [-0.2, 0) is 0 Å². The summed E-state index contributed by atoms with van der Waals surface area (Å²) in [4.78, 5) is 0. The lowest BCUT2D eigenvalue weighted by molar-refractivity contribution is 0.245. The van der Waals surface area contributed by atoms with Crippen molar-refractivity contribution in [1.29, 1.82) is 0 Å². The molecule has 0 heterocycles. The molecule has 0 bridgehead atoms. The van der Waals surface area contributed by atoms with Crippen molar-refractivity contribution in [2.24, 2.45) is 17.6 Å². The molecular weight excluding hydrogens is 182 g/mol. The topological polar surface area (TPSA) is 26.0 Å². The fourth-order valence-corrected chi connectivity index (χ4v) is 3.06. The smallest absolute Gasteiger partial charge is 0.0180 e. The number of nitrogens with two attached hydrogens (primary N) is 1. The first kappa shape index (κ1) is 13.0. The molecule has 1 fully saturated rings. The summed E-state index contributed by atoms with van der Waals surface area (Å²) >= 11 is 0. The average Bonchev–Trinajstić information content (AvgIpc) is 2.42. The molecule has 90 valence electrons. The fraction of sp³-hybridized carbons (Fsp3) is 1.00. The molecule has 1 saturated carbocycles. The Morgan fingerprint density at radius 1 is 1.27 bits per heavy atom. The zero-order valence-corrected chi connectivity index (χ0v) is 10.9. The lowest BCUT2D eigenvalue weighted by Gasteiger charge is -2.34. The highest BCUT2D eigenvalue weighted by Gasteiger charge is 2.33. The lowest BCUT2D eigenvalue weighted by Crippen LogP contribution is -2.45. The minimum Gasteiger partial charge on any atom is -0.325 e. The van der Waals surface area contributed by atoms with Gasteiger partial charge in [0.1, 0.15) is 0 Å². The van der Waals surface area contributed by atoms with Gasteiger partial charge in [-0.3, -0.25) is 0 Å². The molecule has 15 heavy (non-hydrogen) atoms. The van der Waals surface area contributed by atoms with Crippen molar-refractivity contribution in [3.63, 3.8) is 0 Å².